The van der Waals surface area contributed by atoms with Gasteiger partial charge in [0.25, 0.3) is 0 Å². The summed E-state index contributed by atoms with van der Waals surface area (Å²) in [6, 6.07) is 8.30. The first-order chi connectivity index (χ1) is 12.9. The maximum atomic E-state index is 6.31. The van der Waals surface area contributed by atoms with Gasteiger partial charge in [0.05, 0.1) is 6.61 Å². The van der Waals surface area contributed by atoms with Gasteiger partial charge in [-0.05, 0) is 64.1 Å². The summed E-state index contributed by atoms with van der Waals surface area (Å²) >= 11 is 0. The molecule has 27 heavy (non-hydrogen) atoms. The summed E-state index contributed by atoms with van der Waals surface area (Å²) in [4.78, 5) is 2.20. The first-order valence-corrected chi connectivity index (χ1v) is 14.1. The van der Waals surface area contributed by atoms with E-state index in [1.165, 1.54) is 5.56 Å². The van der Waals surface area contributed by atoms with Crippen molar-refractivity contribution in [1.29, 1.82) is 0 Å². The maximum Gasteiger partial charge on any atom is 0.500 e. The molecule has 1 aromatic carbocycles. The highest BCUT2D eigenvalue weighted by Gasteiger charge is 2.38. The Labute approximate surface area is 166 Å². The molecular weight excluding hydrogens is 378 g/mol. The highest BCUT2D eigenvalue weighted by atomic mass is 28.4. The lowest BCUT2D eigenvalue weighted by Gasteiger charge is -2.34. The molecule has 0 saturated heterocycles. The van der Waals surface area contributed by atoms with Gasteiger partial charge in [0.15, 0.2) is 0 Å². The van der Waals surface area contributed by atoms with E-state index in [0.717, 1.165) is 49.2 Å². The lowest BCUT2D eigenvalue weighted by Crippen LogP contribution is -2.45. The fourth-order valence-corrected chi connectivity index (χ4v) is 7.35. The van der Waals surface area contributed by atoms with Gasteiger partial charge in [-0.25, -0.2) is 0 Å². The van der Waals surface area contributed by atoms with Crippen LogP contribution in [0.25, 0.3) is 0 Å². The third-order valence-electron chi connectivity index (χ3n) is 5.10. The van der Waals surface area contributed by atoms with Crippen molar-refractivity contribution in [3.05, 3.63) is 29.3 Å². The van der Waals surface area contributed by atoms with Gasteiger partial charge in [-0.15, -0.1) is 0 Å². The van der Waals surface area contributed by atoms with Crippen LogP contribution in [-0.4, -0.2) is 64.2 Å². The van der Waals surface area contributed by atoms with Gasteiger partial charge in [-0.3, -0.25) is 0 Å². The van der Waals surface area contributed by atoms with Gasteiger partial charge in [0.2, 0.25) is 0 Å². The quantitative estimate of drug-likeness (QED) is 0.518. The largest absolute Gasteiger partial charge is 0.520 e. The van der Waals surface area contributed by atoms with E-state index in [-0.39, 0.29) is 0 Å². The molecule has 0 bridgehead atoms. The van der Waals surface area contributed by atoms with Crippen LogP contribution in [0.4, 0.5) is 0 Å². The van der Waals surface area contributed by atoms with Crippen molar-refractivity contribution in [3.63, 3.8) is 0 Å². The number of fused-ring (bicyclic) bond motifs is 1. The molecule has 0 N–H and O–H groups in total. The van der Waals surface area contributed by atoms with Gasteiger partial charge in [-0.2, -0.15) is 0 Å². The maximum absolute atomic E-state index is 6.31. The molecule has 0 saturated carbocycles. The normalized spacial score (nSPS) is 19.8. The van der Waals surface area contributed by atoms with E-state index < -0.39 is 17.4 Å². The minimum absolute atomic E-state index is 0.654. The van der Waals surface area contributed by atoms with E-state index in [2.05, 4.69) is 43.7 Å². The molecular formula is C19H35NO5Si2. The molecule has 0 amide bonds. The molecule has 1 unspecified atom stereocenters. The fourth-order valence-electron chi connectivity index (χ4n) is 3.40. The average Bonchev–Trinajstić information content (AvgIpc) is 2.65. The minimum Gasteiger partial charge on any atom is -0.520 e. The predicted molar refractivity (Wildman–Crippen MR) is 111 cm³/mol. The summed E-state index contributed by atoms with van der Waals surface area (Å²) < 4.78 is 29.0. The van der Waals surface area contributed by atoms with Crippen molar-refractivity contribution in [2.75, 3.05) is 42.0 Å². The van der Waals surface area contributed by atoms with E-state index >= 15 is 0 Å². The third-order valence-corrected chi connectivity index (χ3v) is 10.6. The van der Waals surface area contributed by atoms with Crippen LogP contribution in [-0.2, 0) is 30.7 Å². The van der Waals surface area contributed by atoms with Crippen LogP contribution < -0.4 is 4.43 Å². The van der Waals surface area contributed by atoms with Gasteiger partial charge in [-0.1, -0.05) is 6.07 Å². The number of hydrogen-bond donors (Lipinski definition) is 0. The van der Waals surface area contributed by atoms with Crippen LogP contribution in [0.3, 0.4) is 0 Å². The van der Waals surface area contributed by atoms with Crippen molar-refractivity contribution in [1.82, 2.24) is 4.90 Å². The topological polar surface area (TPSA) is 49.4 Å². The zero-order chi connectivity index (χ0) is 19.9. The first-order valence-electron chi connectivity index (χ1n) is 9.60. The monoisotopic (exact) mass is 413 g/mol. The van der Waals surface area contributed by atoms with Gasteiger partial charge < -0.3 is 27.0 Å². The van der Waals surface area contributed by atoms with Gasteiger partial charge >= 0.3 is 17.4 Å². The zero-order valence-electron chi connectivity index (χ0n) is 17.7. The van der Waals surface area contributed by atoms with E-state index in [0.29, 0.717) is 6.61 Å². The Kier molecular flexibility index (Phi) is 8.48. The molecule has 6 nitrogen and oxygen atoms in total. The van der Waals surface area contributed by atoms with Crippen LogP contribution in [0.1, 0.15) is 24.0 Å². The Bertz CT molecular complexity index is 589. The number of nitrogens with zero attached hydrogens (tertiary/aromatic N) is 1. The van der Waals surface area contributed by atoms with Crippen LogP contribution in [0, 0.1) is 0 Å². The Morgan fingerprint density at radius 2 is 1.81 bits per heavy atom. The third kappa shape index (κ3) is 6.38. The van der Waals surface area contributed by atoms with Crippen molar-refractivity contribution in [2.24, 2.45) is 0 Å². The summed E-state index contributed by atoms with van der Waals surface area (Å²) in [5, 5.41) is 0. The molecule has 1 atom stereocenters. The van der Waals surface area contributed by atoms with Crippen molar-refractivity contribution >= 4 is 17.4 Å². The van der Waals surface area contributed by atoms with Crippen LogP contribution in [0.2, 0.25) is 18.6 Å². The Morgan fingerprint density at radius 1 is 1.11 bits per heavy atom. The molecule has 0 aliphatic carbocycles. The average molecular weight is 414 g/mol. The first kappa shape index (κ1) is 22.5. The number of benzene rings is 1. The number of rotatable bonds is 11. The lowest BCUT2D eigenvalue weighted by atomic mass is 10.1. The molecule has 0 spiro atoms. The molecule has 0 radical (unpaired) electrons. The fraction of sp³-hybridized carbons (Fsp3) is 0.684. The van der Waals surface area contributed by atoms with Crippen LogP contribution in [0.5, 0.6) is 5.75 Å². The smallest absolute Gasteiger partial charge is 0.500 e. The van der Waals surface area contributed by atoms with E-state index in [4.69, 9.17) is 22.1 Å². The summed E-state index contributed by atoms with van der Waals surface area (Å²) in [6.45, 7) is 3.89. The Morgan fingerprint density at radius 3 is 2.44 bits per heavy atom. The second kappa shape index (κ2) is 10.2. The van der Waals surface area contributed by atoms with Gasteiger partial charge in [0, 0.05) is 39.0 Å². The van der Waals surface area contributed by atoms with Gasteiger partial charge in [0.1, 0.15) is 5.75 Å². The molecule has 0 aromatic heterocycles. The Balaban J connectivity index is 1.91. The molecule has 0 fully saturated rings. The van der Waals surface area contributed by atoms with Crippen LogP contribution in [0.15, 0.2) is 18.2 Å². The summed E-state index contributed by atoms with van der Waals surface area (Å²) in [5.74, 6) is 0.999. The summed E-state index contributed by atoms with van der Waals surface area (Å²) in [6.07, 6.45) is 3.02. The molecule has 154 valence electrons. The SMILES string of the molecule is CO[Si](CCCc1ccc2c(c1)CO[Si](C)(CCCN(C)C)O2)(OC)OC. The second-order valence-corrected chi connectivity index (χ2v) is 13.9. The van der Waals surface area contributed by atoms with E-state index in [1.54, 1.807) is 21.3 Å². The van der Waals surface area contributed by atoms with E-state index in [1.807, 2.05) is 0 Å². The lowest BCUT2D eigenvalue weighted by molar-refractivity contribution is 0.123. The standard InChI is InChI=1S/C19H35NO5Si2/c1-20(2)12-8-13-26(6)24-16-18-15-17(10-11-19(18)25-26)9-7-14-27(21-3,22-4)23-5/h10-11,15H,7-9,12-14,16H2,1-6H3. The highest BCUT2D eigenvalue weighted by Crippen LogP contribution is 2.33. The number of aryl methyl sites for hydroxylation is 1. The Hall–Kier alpha value is -0.746. The minimum atomic E-state index is -2.49. The summed E-state index contributed by atoms with van der Waals surface area (Å²) in [5.41, 5.74) is 2.43. The van der Waals surface area contributed by atoms with E-state index in [9.17, 15) is 0 Å². The predicted octanol–water partition coefficient (Wildman–Crippen LogP) is 3.43. The van der Waals surface area contributed by atoms with Crippen molar-refractivity contribution in [3.8, 4) is 5.75 Å². The molecule has 1 aromatic rings. The molecule has 1 aliphatic heterocycles. The van der Waals surface area contributed by atoms with Crippen LogP contribution >= 0.6 is 0 Å². The molecule has 1 heterocycles. The molecule has 2 rings (SSSR count). The summed E-state index contributed by atoms with van der Waals surface area (Å²) in [7, 11) is 4.58. The molecule has 8 heteroatoms. The van der Waals surface area contributed by atoms with Crippen molar-refractivity contribution < 1.29 is 22.1 Å². The van der Waals surface area contributed by atoms with Crippen molar-refractivity contribution in [2.45, 2.75) is 44.5 Å². The zero-order valence-corrected chi connectivity index (χ0v) is 19.7. The highest BCUT2D eigenvalue weighted by molar-refractivity contribution is 6.67. The molecule has 1 aliphatic rings. The number of hydrogen-bond acceptors (Lipinski definition) is 6. The second-order valence-electron chi connectivity index (χ2n) is 7.52.